The molecule has 0 aliphatic heterocycles. The highest BCUT2D eigenvalue weighted by Crippen LogP contribution is 2.35. The van der Waals surface area contributed by atoms with Crippen molar-refractivity contribution in [1.82, 2.24) is 0 Å². The van der Waals surface area contributed by atoms with Gasteiger partial charge in [-0.1, -0.05) is 19.3 Å². The van der Waals surface area contributed by atoms with E-state index in [4.69, 9.17) is 4.42 Å². The molecule has 1 unspecified atom stereocenters. The molecule has 14 heavy (non-hydrogen) atoms. The van der Waals surface area contributed by atoms with Crippen LogP contribution in [0.2, 0.25) is 0 Å². The van der Waals surface area contributed by atoms with Crippen LogP contribution >= 0.6 is 15.9 Å². The average Bonchev–Trinajstić information content (AvgIpc) is 2.65. The third kappa shape index (κ3) is 2.20. The Balaban J connectivity index is 2.03. The number of aliphatic hydroxyl groups is 1. The Morgan fingerprint density at radius 3 is 2.57 bits per heavy atom. The maximum Gasteiger partial charge on any atom is 0.169 e. The zero-order valence-corrected chi connectivity index (χ0v) is 9.66. The predicted molar refractivity (Wildman–Crippen MR) is 57.9 cm³/mol. The zero-order valence-electron chi connectivity index (χ0n) is 8.08. The lowest BCUT2D eigenvalue weighted by molar-refractivity contribution is 0.0646. The van der Waals surface area contributed by atoms with Crippen LogP contribution in [0.1, 0.15) is 44.0 Å². The number of furan rings is 1. The second-order valence-corrected chi connectivity index (χ2v) is 4.77. The Morgan fingerprint density at radius 1 is 1.29 bits per heavy atom. The second kappa shape index (κ2) is 4.49. The van der Waals surface area contributed by atoms with Crippen LogP contribution in [0.25, 0.3) is 0 Å². The van der Waals surface area contributed by atoms with Crippen LogP contribution in [0.15, 0.2) is 21.2 Å². The molecule has 1 aliphatic rings. The summed E-state index contributed by atoms with van der Waals surface area (Å²) < 4.78 is 6.06. The van der Waals surface area contributed by atoms with Crippen molar-refractivity contribution in [2.24, 2.45) is 5.92 Å². The number of halogens is 1. The molecule has 0 saturated heterocycles. The van der Waals surface area contributed by atoms with Crippen molar-refractivity contribution in [1.29, 1.82) is 0 Å². The fourth-order valence-corrected chi connectivity index (χ4v) is 2.49. The van der Waals surface area contributed by atoms with Crippen molar-refractivity contribution in [3.63, 3.8) is 0 Å². The van der Waals surface area contributed by atoms with Crippen molar-refractivity contribution in [3.05, 3.63) is 22.6 Å². The molecule has 2 nitrogen and oxygen atoms in total. The minimum absolute atomic E-state index is 0.391. The fraction of sp³-hybridized carbons (Fsp3) is 0.636. The van der Waals surface area contributed by atoms with Gasteiger partial charge in [0.05, 0.1) is 0 Å². The van der Waals surface area contributed by atoms with Crippen molar-refractivity contribution in [2.75, 3.05) is 0 Å². The lowest BCUT2D eigenvalue weighted by Gasteiger charge is -2.25. The van der Waals surface area contributed by atoms with Crippen LogP contribution < -0.4 is 0 Å². The van der Waals surface area contributed by atoms with E-state index in [0.29, 0.717) is 16.3 Å². The highest BCUT2D eigenvalue weighted by atomic mass is 79.9. The molecular formula is C11H15BrO2. The minimum Gasteiger partial charge on any atom is -0.452 e. The standard InChI is InChI=1S/C11H15BrO2/c12-10-7-6-9(14-10)11(13)8-4-2-1-3-5-8/h6-8,11,13H,1-5H2. The monoisotopic (exact) mass is 258 g/mol. The normalized spacial score (nSPS) is 21.0. The van der Waals surface area contributed by atoms with E-state index in [1.54, 1.807) is 0 Å². The molecule has 1 aromatic rings. The predicted octanol–water partition coefficient (Wildman–Crippen LogP) is 3.66. The molecule has 0 radical (unpaired) electrons. The maximum absolute atomic E-state index is 10.0. The molecule has 78 valence electrons. The van der Waals surface area contributed by atoms with E-state index in [0.717, 1.165) is 12.8 Å². The van der Waals surface area contributed by atoms with Gasteiger partial charge in [0.2, 0.25) is 0 Å². The summed E-state index contributed by atoms with van der Waals surface area (Å²) in [6.07, 6.45) is 5.62. The number of hydrogen-bond donors (Lipinski definition) is 1. The lowest BCUT2D eigenvalue weighted by atomic mass is 9.84. The van der Waals surface area contributed by atoms with Crippen LogP contribution in [0.4, 0.5) is 0 Å². The number of hydrogen-bond acceptors (Lipinski definition) is 2. The van der Waals surface area contributed by atoms with Crippen LogP contribution in [0.5, 0.6) is 0 Å². The van der Waals surface area contributed by atoms with E-state index < -0.39 is 6.10 Å². The van der Waals surface area contributed by atoms with Gasteiger partial charge in [-0.15, -0.1) is 0 Å². The quantitative estimate of drug-likeness (QED) is 0.879. The average molecular weight is 259 g/mol. The van der Waals surface area contributed by atoms with E-state index in [-0.39, 0.29) is 0 Å². The first-order chi connectivity index (χ1) is 6.77. The smallest absolute Gasteiger partial charge is 0.169 e. The van der Waals surface area contributed by atoms with Crippen LogP contribution in [0.3, 0.4) is 0 Å². The van der Waals surface area contributed by atoms with Crippen LogP contribution in [-0.2, 0) is 0 Å². The van der Waals surface area contributed by atoms with Gasteiger partial charge in [0.25, 0.3) is 0 Å². The summed E-state index contributed by atoms with van der Waals surface area (Å²) in [5.41, 5.74) is 0. The second-order valence-electron chi connectivity index (χ2n) is 3.98. The summed E-state index contributed by atoms with van der Waals surface area (Å²) in [7, 11) is 0. The van der Waals surface area contributed by atoms with Crippen LogP contribution in [0, 0.1) is 5.92 Å². The zero-order chi connectivity index (χ0) is 9.97. The summed E-state index contributed by atoms with van der Waals surface area (Å²) >= 11 is 3.25. The molecule has 1 fully saturated rings. The summed E-state index contributed by atoms with van der Waals surface area (Å²) in [6.45, 7) is 0. The van der Waals surface area contributed by atoms with Crippen LogP contribution in [-0.4, -0.2) is 5.11 Å². The first-order valence-electron chi connectivity index (χ1n) is 5.20. The first-order valence-corrected chi connectivity index (χ1v) is 6.00. The van der Waals surface area contributed by atoms with Gasteiger partial charge in [-0.3, -0.25) is 0 Å². The molecule has 2 rings (SSSR count). The molecule has 1 aliphatic carbocycles. The Hall–Kier alpha value is -0.280. The summed E-state index contributed by atoms with van der Waals surface area (Å²) in [5, 5.41) is 10.0. The van der Waals surface area contributed by atoms with Gasteiger partial charge in [-0.05, 0) is 46.8 Å². The van der Waals surface area contributed by atoms with Gasteiger partial charge in [0, 0.05) is 0 Å². The van der Waals surface area contributed by atoms with Gasteiger partial charge >= 0.3 is 0 Å². The Kier molecular flexibility index (Phi) is 3.29. The molecule has 0 bridgehead atoms. The molecule has 1 N–H and O–H groups in total. The summed E-state index contributed by atoms with van der Waals surface area (Å²) in [5.74, 6) is 1.09. The largest absolute Gasteiger partial charge is 0.452 e. The summed E-state index contributed by atoms with van der Waals surface area (Å²) in [4.78, 5) is 0. The lowest BCUT2D eigenvalue weighted by Crippen LogP contribution is -2.15. The van der Waals surface area contributed by atoms with Gasteiger partial charge < -0.3 is 9.52 Å². The fourth-order valence-electron chi connectivity index (χ4n) is 2.17. The molecule has 0 amide bonds. The van der Waals surface area contributed by atoms with Gasteiger partial charge in [0.15, 0.2) is 4.67 Å². The van der Waals surface area contributed by atoms with Gasteiger partial charge in [0.1, 0.15) is 11.9 Å². The molecule has 1 heterocycles. The van der Waals surface area contributed by atoms with Gasteiger partial charge in [-0.2, -0.15) is 0 Å². The third-order valence-electron chi connectivity index (χ3n) is 2.98. The Morgan fingerprint density at radius 2 is 2.00 bits per heavy atom. The van der Waals surface area contributed by atoms with Crippen molar-refractivity contribution in [3.8, 4) is 0 Å². The SMILES string of the molecule is OC(c1ccc(Br)o1)C1CCCCC1. The molecule has 3 heteroatoms. The third-order valence-corrected chi connectivity index (χ3v) is 3.41. The molecule has 1 saturated carbocycles. The summed E-state index contributed by atoms with van der Waals surface area (Å²) in [6, 6.07) is 3.69. The minimum atomic E-state index is -0.415. The molecule has 1 atom stereocenters. The highest BCUT2D eigenvalue weighted by Gasteiger charge is 2.25. The molecule has 0 aromatic carbocycles. The first kappa shape index (κ1) is 10.2. The highest BCUT2D eigenvalue weighted by molar-refractivity contribution is 9.10. The van der Waals surface area contributed by atoms with Crippen molar-refractivity contribution >= 4 is 15.9 Å². The van der Waals surface area contributed by atoms with E-state index in [1.165, 1.54) is 19.3 Å². The maximum atomic E-state index is 10.0. The molecular weight excluding hydrogens is 244 g/mol. The number of rotatable bonds is 2. The van der Waals surface area contributed by atoms with E-state index >= 15 is 0 Å². The van der Waals surface area contributed by atoms with E-state index in [2.05, 4.69) is 15.9 Å². The van der Waals surface area contributed by atoms with E-state index in [1.807, 2.05) is 12.1 Å². The topological polar surface area (TPSA) is 33.4 Å². The van der Waals surface area contributed by atoms with Crippen molar-refractivity contribution in [2.45, 2.75) is 38.2 Å². The molecule has 0 spiro atoms. The van der Waals surface area contributed by atoms with E-state index in [9.17, 15) is 5.11 Å². The van der Waals surface area contributed by atoms with Crippen molar-refractivity contribution < 1.29 is 9.52 Å². The Bertz CT molecular complexity index is 289. The molecule has 1 aromatic heterocycles. The van der Waals surface area contributed by atoms with Gasteiger partial charge in [-0.25, -0.2) is 0 Å². The number of aliphatic hydroxyl groups excluding tert-OH is 1. The Labute approximate surface area is 92.4 Å².